The van der Waals surface area contributed by atoms with Crippen LogP contribution in [-0.4, -0.2) is 54.6 Å². The van der Waals surface area contributed by atoms with E-state index >= 15 is 0 Å². The molecular weight excluding hydrogens is 404 g/mol. The second kappa shape index (κ2) is 11.3. The van der Waals surface area contributed by atoms with Gasteiger partial charge in [-0.1, -0.05) is 36.4 Å². The molecular formula is C26H36N2O2S. The number of hydrogen-bond donors (Lipinski definition) is 0. The molecule has 4 nitrogen and oxygen atoms in total. The molecule has 0 N–H and O–H groups in total. The van der Waals surface area contributed by atoms with Crippen molar-refractivity contribution >= 4 is 17.2 Å². The Morgan fingerprint density at radius 2 is 1.84 bits per heavy atom. The van der Waals surface area contributed by atoms with Gasteiger partial charge in [0, 0.05) is 43.1 Å². The molecule has 0 spiro atoms. The third-order valence-electron chi connectivity index (χ3n) is 7.02. The first kappa shape index (κ1) is 22.5. The molecule has 2 aliphatic heterocycles. The summed E-state index contributed by atoms with van der Waals surface area (Å²) in [5, 5.41) is 2.17. The van der Waals surface area contributed by atoms with E-state index in [-0.39, 0.29) is 12.0 Å². The van der Waals surface area contributed by atoms with Crippen molar-refractivity contribution in [3.63, 3.8) is 0 Å². The Kier molecular flexibility index (Phi) is 8.17. The summed E-state index contributed by atoms with van der Waals surface area (Å²) >= 11 is 1.85. The molecule has 0 radical (unpaired) electrons. The molecule has 2 aromatic rings. The fraction of sp³-hybridized carbons (Fsp3) is 0.577. The molecule has 2 aliphatic rings. The van der Waals surface area contributed by atoms with Crippen molar-refractivity contribution in [3.05, 3.63) is 58.3 Å². The average molecular weight is 441 g/mol. The summed E-state index contributed by atoms with van der Waals surface area (Å²) in [7, 11) is 0. The van der Waals surface area contributed by atoms with Gasteiger partial charge in [0.1, 0.15) is 0 Å². The van der Waals surface area contributed by atoms with Crippen molar-refractivity contribution in [2.45, 2.75) is 51.6 Å². The van der Waals surface area contributed by atoms with Gasteiger partial charge in [0.25, 0.3) is 0 Å². The summed E-state index contributed by atoms with van der Waals surface area (Å²) in [4.78, 5) is 19.8. The highest BCUT2D eigenvalue weighted by Crippen LogP contribution is 2.30. The van der Waals surface area contributed by atoms with Gasteiger partial charge in [0.15, 0.2) is 0 Å². The highest BCUT2D eigenvalue weighted by molar-refractivity contribution is 7.09. The molecule has 3 heterocycles. The third kappa shape index (κ3) is 5.97. The normalized spacial score (nSPS) is 19.9. The fourth-order valence-electron chi connectivity index (χ4n) is 5.24. The number of benzene rings is 1. The Labute approximate surface area is 191 Å². The van der Waals surface area contributed by atoms with E-state index in [2.05, 4.69) is 64.6 Å². The first-order chi connectivity index (χ1) is 15.2. The molecule has 1 aromatic carbocycles. The van der Waals surface area contributed by atoms with E-state index in [4.69, 9.17) is 4.74 Å². The number of thiophene rings is 1. The molecule has 1 aromatic heterocycles. The van der Waals surface area contributed by atoms with Gasteiger partial charge in [-0.15, -0.1) is 11.3 Å². The number of likely N-dealkylation sites (tertiary alicyclic amines) is 1. The minimum absolute atomic E-state index is 0.130. The van der Waals surface area contributed by atoms with Crippen molar-refractivity contribution in [2.24, 2.45) is 11.8 Å². The van der Waals surface area contributed by atoms with Crippen LogP contribution < -0.4 is 0 Å². The molecule has 1 unspecified atom stereocenters. The summed E-state index contributed by atoms with van der Waals surface area (Å²) in [5.74, 6) is 1.04. The molecule has 2 fully saturated rings. The van der Waals surface area contributed by atoms with Crippen LogP contribution in [0.3, 0.4) is 0 Å². The van der Waals surface area contributed by atoms with E-state index in [0.29, 0.717) is 11.8 Å². The van der Waals surface area contributed by atoms with Crippen molar-refractivity contribution in [2.75, 3.05) is 32.8 Å². The zero-order valence-electron chi connectivity index (χ0n) is 18.7. The minimum Gasteiger partial charge on any atom is -0.381 e. The molecule has 0 aliphatic carbocycles. The zero-order valence-corrected chi connectivity index (χ0v) is 19.6. The molecule has 4 rings (SSSR count). The van der Waals surface area contributed by atoms with Crippen molar-refractivity contribution in [3.8, 4) is 0 Å². The summed E-state index contributed by atoms with van der Waals surface area (Å²) in [6.07, 6.45) is 5.03. The predicted octanol–water partition coefficient (Wildman–Crippen LogP) is 4.85. The van der Waals surface area contributed by atoms with E-state index in [9.17, 15) is 4.79 Å². The first-order valence-corrected chi connectivity index (χ1v) is 12.8. The molecule has 0 bridgehead atoms. The number of piperidine rings is 1. The van der Waals surface area contributed by atoms with Gasteiger partial charge in [-0.2, -0.15) is 0 Å². The predicted molar refractivity (Wildman–Crippen MR) is 127 cm³/mol. The van der Waals surface area contributed by atoms with Crippen LogP contribution in [0.15, 0.2) is 47.8 Å². The number of nitrogens with zero attached hydrogens (tertiary/aromatic N) is 2. The first-order valence-electron chi connectivity index (χ1n) is 11.9. The Morgan fingerprint density at radius 1 is 1.10 bits per heavy atom. The zero-order chi connectivity index (χ0) is 21.5. The smallest absolute Gasteiger partial charge is 0.226 e. The van der Waals surface area contributed by atoms with Crippen LogP contribution in [0.1, 0.15) is 43.0 Å². The largest absolute Gasteiger partial charge is 0.381 e. The van der Waals surface area contributed by atoms with E-state index in [1.165, 1.54) is 23.3 Å². The Bertz CT molecular complexity index is 781. The average Bonchev–Trinajstić information content (AvgIpc) is 3.34. The summed E-state index contributed by atoms with van der Waals surface area (Å²) in [5.41, 5.74) is 1.34. The molecule has 2 saturated heterocycles. The highest BCUT2D eigenvalue weighted by atomic mass is 32.1. The van der Waals surface area contributed by atoms with Crippen molar-refractivity contribution in [1.82, 2.24) is 9.80 Å². The van der Waals surface area contributed by atoms with Gasteiger partial charge in [-0.05, 0) is 75.0 Å². The van der Waals surface area contributed by atoms with Crippen LogP contribution in [0.4, 0.5) is 0 Å². The Morgan fingerprint density at radius 3 is 2.48 bits per heavy atom. The maximum absolute atomic E-state index is 13.5. The number of carbonyl (C=O) groups is 1. The summed E-state index contributed by atoms with van der Waals surface area (Å²) < 4.78 is 5.52. The second-order valence-electron chi connectivity index (χ2n) is 8.96. The SMILES string of the molecule is CCN(C(=O)C1CCOCC1)C(Cc1ccccc1)C1CCN(Cc2cccs2)CC1. The maximum Gasteiger partial charge on any atom is 0.226 e. The minimum atomic E-state index is 0.130. The number of amides is 1. The van der Waals surface area contributed by atoms with Gasteiger partial charge < -0.3 is 9.64 Å². The van der Waals surface area contributed by atoms with Crippen LogP contribution >= 0.6 is 11.3 Å². The maximum atomic E-state index is 13.5. The number of hydrogen-bond acceptors (Lipinski definition) is 4. The topological polar surface area (TPSA) is 32.8 Å². The van der Waals surface area contributed by atoms with E-state index in [1.807, 2.05) is 11.3 Å². The van der Waals surface area contributed by atoms with Crippen LogP contribution in [0.5, 0.6) is 0 Å². The summed E-state index contributed by atoms with van der Waals surface area (Å²) in [6, 6.07) is 15.4. The molecule has 168 valence electrons. The van der Waals surface area contributed by atoms with E-state index in [1.54, 1.807) is 0 Å². The standard InChI is InChI=1S/C26H36N2O2S/c1-2-28(26(29)23-12-16-30-17-13-23)25(19-21-7-4-3-5-8-21)22-10-14-27(15-11-22)20-24-9-6-18-31-24/h3-9,18,22-23,25H,2,10-17,19-20H2,1H3. The number of ether oxygens (including phenoxy) is 1. The Balaban J connectivity index is 1.46. The van der Waals surface area contributed by atoms with Crippen LogP contribution in [0.2, 0.25) is 0 Å². The van der Waals surface area contributed by atoms with Gasteiger partial charge in [-0.25, -0.2) is 0 Å². The van der Waals surface area contributed by atoms with Gasteiger partial charge in [0.05, 0.1) is 0 Å². The Hall–Kier alpha value is -1.69. The lowest BCUT2D eigenvalue weighted by Gasteiger charge is -2.42. The number of likely N-dealkylation sites (N-methyl/N-ethyl adjacent to an activating group) is 1. The second-order valence-corrected chi connectivity index (χ2v) is 9.99. The lowest BCUT2D eigenvalue weighted by atomic mass is 9.83. The molecule has 0 saturated carbocycles. The summed E-state index contributed by atoms with van der Waals surface area (Å²) in [6.45, 7) is 7.70. The molecule has 1 amide bonds. The third-order valence-corrected chi connectivity index (χ3v) is 7.88. The van der Waals surface area contributed by atoms with Crippen molar-refractivity contribution < 1.29 is 9.53 Å². The lowest BCUT2D eigenvalue weighted by molar-refractivity contribution is -0.142. The van der Waals surface area contributed by atoms with Gasteiger partial charge in [0.2, 0.25) is 5.91 Å². The van der Waals surface area contributed by atoms with E-state index < -0.39 is 0 Å². The fourth-order valence-corrected chi connectivity index (χ4v) is 5.98. The highest BCUT2D eigenvalue weighted by Gasteiger charge is 2.35. The van der Waals surface area contributed by atoms with E-state index in [0.717, 1.165) is 58.7 Å². The molecule has 5 heteroatoms. The van der Waals surface area contributed by atoms with Crippen molar-refractivity contribution in [1.29, 1.82) is 0 Å². The van der Waals surface area contributed by atoms with Crippen LogP contribution in [0.25, 0.3) is 0 Å². The van der Waals surface area contributed by atoms with Crippen LogP contribution in [-0.2, 0) is 22.5 Å². The monoisotopic (exact) mass is 440 g/mol. The van der Waals surface area contributed by atoms with Gasteiger partial charge in [-0.3, -0.25) is 9.69 Å². The molecule has 1 atom stereocenters. The van der Waals surface area contributed by atoms with Gasteiger partial charge >= 0.3 is 0 Å². The molecule has 31 heavy (non-hydrogen) atoms. The quantitative estimate of drug-likeness (QED) is 0.588. The lowest BCUT2D eigenvalue weighted by Crippen LogP contribution is -2.51. The van der Waals surface area contributed by atoms with Crippen LogP contribution in [0, 0.1) is 11.8 Å². The number of carbonyl (C=O) groups excluding carboxylic acids is 1. The number of rotatable bonds is 8.